The van der Waals surface area contributed by atoms with Crippen LogP contribution >= 0.6 is 15.9 Å². The Labute approximate surface area is 129 Å². The molecule has 1 unspecified atom stereocenters. The first-order chi connectivity index (χ1) is 9.58. The quantitative estimate of drug-likeness (QED) is 0.697. The fourth-order valence-electron chi connectivity index (χ4n) is 2.16. The van der Waals surface area contributed by atoms with Crippen molar-refractivity contribution >= 4 is 15.9 Å². The molecule has 0 spiro atoms. The van der Waals surface area contributed by atoms with Crippen LogP contribution < -0.4 is 5.73 Å². The van der Waals surface area contributed by atoms with Gasteiger partial charge in [0.05, 0.1) is 21.9 Å². The maximum absolute atomic E-state index is 6.25. The molecule has 0 saturated heterocycles. The Balaban J connectivity index is 2.87. The molecule has 0 amide bonds. The van der Waals surface area contributed by atoms with Gasteiger partial charge < -0.3 is 15.2 Å². The lowest BCUT2D eigenvalue weighted by Gasteiger charge is -2.23. The van der Waals surface area contributed by atoms with E-state index in [0.29, 0.717) is 19.6 Å². The molecule has 1 heterocycles. The lowest BCUT2D eigenvalue weighted by atomic mass is 10.1. The summed E-state index contributed by atoms with van der Waals surface area (Å²) in [6, 6.07) is -0.210. The Morgan fingerprint density at radius 3 is 2.25 bits per heavy atom. The molecule has 0 aromatic carbocycles. The monoisotopic (exact) mass is 347 g/mol. The second-order valence-corrected chi connectivity index (χ2v) is 5.32. The Kier molecular flexibility index (Phi) is 7.72. The molecule has 2 N–H and O–H groups in total. The van der Waals surface area contributed by atoms with Crippen LogP contribution in [0.5, 0.6) is 0 Å². The topological polar surface area (TPSA) is 62.3 Å². The summed E-state index contributed by atoms with van der Waals surface area (Å²) >= 11 is 3.64. The van der Waals surface area contributed by atoms with Crippen LogP contribution in [0.15, 0.2) is 4.47 Å². The van der Waals surface area contributed by atoms with Crippen molar-refractivity contribution in [1.29, 1.82) is 0 Å². The molecule has 0 fully saturated rings. The summed E-state index contributed by atoms with van der Waals surface area (Å²) in [5.41, 5.74) is 8.43. The van der Waals surface area contributed by atoms with E-state index in [2.05, 4.69) is 34.9 Å². The predicted octanol–water partition coefficient (Wildman–Crippen LogP) is 2.50. The van der Waals surface area contributed by atoms with E-state index in [0.717, 1.165) is 28.8 Å². The van der Waals surface area contributed by atoms with Crippen LogP contribution in [0.3, 0.4) is 0 Å². The zero-order valence-corrected chi connectivity index (χ0v) is 14.4. The fraction of sp³-hybridized carbons (Fsp3) is 0.786. The van der Waals surface area contributed by atoms with Crippen LogP contribution in [0.4, 0.5) is 0 Å². The minimum Gasteiger partial charge on any atom is -0.351 e. The number of aromatic nitrogens is 2. The van der Waals surface area contributed by atoms with E-state index in [-0.39, 0.29) is 12.3 Å². The second-order valence-electron chi connectivity index (χ2n) is 4.52. The molecule has 1 atom stereocenters. The summed E-state index contributed by atoms with van der Waals surface area (Å²) in [5, 5.41) is 4.58. The molecule has 6 heteroatoms. The Hall–Kier alpha value is -0.430. The molecule has 1 rings (SSSR count). The minimum atomic E-state index is -0.373. The lowest BCUT2D eigenvalue weighted by molar-refractivity contribution is -0.148. The standard InChI is InChI=1S/C14H26BrN3O2/c1-5-11-13(15)12(18(6-2)17-11)9-10(16)14(19-7-3)20-8-4/h10,14H,5-9,16H2,1-4H3. The van der Waals surface area contributed by atoms with Gasteiger partial charge in [0.15, 0.2) is 6.29 Å². The van der Waals surface area contributed by atoms with Gasteiger partial charge in [-0.15, -0.1) is 0 Å². The van der Waals surface area contributed by atoms with Crippen molar-refractivity contribution in [2.45, 2.75) is 59.4 Å². The van der Waals surface area contributed by atoms with E-state index in [1.54, 1.807) is 0 Å². The van der Waals surface area contributed by atoms with Crippen molar-refractivity contribution in [3.63, 3.8) is 0 Å². The molecule has 1 aromatic heterocycles. The highest BCUT2D eigenvalue weighted by atomic mass is 79.9. The first-order valence-corrected chi connectivity index (χ1v) is 8.10. The van der Waals surface area contributed by atoms with E-state index >= 15 is 0 Å². The third kappa shape index (κ3) is 4.28. The fourth-order valence-corrected chi connectivity index (χ4v) is 2.88. The molecule has 0 bridgehead atoms. The first-order valence-electron chi connectivity index (χ1n) is 7.31. The van der Waals surface area contributed by atoms with Gasteiger partial charge in [0.1, 0.15) is 0 Å². The molecular weight excluding hydrogens is 322 g/mol. The van der Waals surface area contributed by atoms with Crippen molar-refractivity contribution in [3.8, 4) is 0 Å². The summed E-state index contributed by atoms with van der Waals surface area (Å²) in [7, 11) is 0. The van der Waals surface area contributed by atoms with Gasteiger partial charge in [0, 0.05) is 26.2 Å². The van der Waals surface area contributed by atoms with Crippen molar-refractivity contribution in [3.05, 3.63) is 15.9 Å². The third-order valence-electron chi connectivity index (χ3n) is 3.13. The molecule has 0 saturated carbocycles. The van der Waals surface area contributed by atoms with E-state index in [9.17, 15) is 0 Å². The highest BCUT2D eigenvalue weighted by Crippen LogP contribution is 2.24. The van der Waals surface area contributed by atoms with Crippen molar-refractivity contribution in [2.75, 3.05) is 13.2 Å². The van der Waals surface area contributed by atoms with Gasteiger partial charge in [-0.3, -0.25) is 4.68 Å². The van der Waals surface area contributed by atoms with E-state index < -0.39 is 0 Å². The van der Waals surface area contributed by atoms with Crippen LogP contribution in [0, 0.1) is 0 Å². The minimum absolute atomic E-state index is 0.210. The number of aryl methyl sites for hydroxylation is 2. The summed E-state index contributed by atoms with van der Waals surface area (Å²) in [6.45, 7) is 10.1. The van der Waals surface area contributed by atoms with E-state index in [1.165, 1.54) is 0 Å². The van der Waals surface area contributed by atoms with Crippen LogP contribution in [-0.2, 0) is 28.9 Å². The van der Waals surface area contributed by atoms with Crippen molar-refractivity contribution in [1.82, 2.24) is 9.78 Å². The molecule has 116 valence electrons. The normalized spacial score (nSPS) is 13.2. The number of hydrogen-bond acceptors (Lipinski definition) is 4. The maximum atomic E-state index is 6.25. The van der Waals surface area contributed by atoms with E-state index in [1.807, 2.05) is 18.5 Å². The largest absolute Gasteiger partial charge is 0.351 e. The lowest BCUT2D eigenvalue weighted by Crippen LogP contribution is -2.41. The average molecular weight is 348 g/mol. The van der Waals surface area contributed by atoms with E-state index in [4.69, 9.17) is 15.2 Å². The summed E-state index contributed by atoms with van der Waals surface area (Å²) in [4.78, 5) is 0. The number of rotatable bonds is 9. The zero-order valence-electron chi connectivity index (χ0n) is 12.9. The number of hydrogen-bond donors (Lipinski definition) is 1. The van der Waals surface area contributed by atoms with Crippen molar-refractivity contribution in [2.24, 2.45) is 5.73 Å². The van der Waals surface area contributed by atoms with Crippen LogP contribution in [0.2, 0.25) is 0 Å². The number of nitrogens with two attached hydrogens (primary N) is 1. The van der Waals surface area contributed by atoms with Gasteiger partial charge in [0.25, 0.3) is 0 Å². The van der Waals surface area contributed by atoms with Gasteiger partial charge in [-0.25, -0.2) is 0 Å². The van der Waals surface area contributed by atoms with Gasteiger partial charge in [-0.2, -0.15) is 5.10 Å². The third-order valence-corrected chi connectivity index (χ3v) is 4.05. The van der Waals surface area contributed by atoms with Crippen LogP contribution in [0.25, 0.3) is 0 Å². The summed E-state index contributed by atoms with van der Waals surface area (Å²) in [6.07, 6.45) is 1.20. The van der Waals surface area contributed by atoms with Gasteiger partial charge in [-0.1, -0.05) is 6.92 Å². The molecule has 5 nitrogen and oxygen atoms in total. The molecule has 0 aliphatic rings. The van der Waals surface area contributed by atoms with Crippen LogP contribution in [0.1, 0.15) is 39.1 Å². The Morgan fingerprint density at radius 2 is 1.80 bits per heavy atom. The SMILES string of the molecule is CCOC(OCC)C(N)Cc1c(Br)c(CC)nn1CC. The molecule has 0 aliphatic heterocycles. The molecule has 0 aliphatic carbocycles. The Morgan fingerprint density at radius 1 is 1.20 bits per heavy atom. The molecular formula is C14H26BrN3O2. The number of halogens is 1. The highest BCUT2D eigenvalue weighted by Gasteiger charge is 2.23. The predicted molar refractivity (Wildman–Crippen MR) is 83.7 cm³/mol. The average Bonchev–Trinajstić information content (AvgIpc) is 2.75. The molecule has 20 heavy (non-hydrogen) atoms. The summed E-state index contributed by atoms with van der Waals surface area (Å²) < 4.78 is 14.2. The second kappa shape index (κ2) is 8.77. The van der Waals surface area contributed by atoms with Gasteiger partial charge >= 0.3 is 0 Å². The number of nitrogens with zero attached hydrogens (tertiary/aromatic N) is 2. The zero-order chi connectivity index (χ0) is 15.1. The van der Waals surface area contributed by atoms with Gasteiger partial charge in [-0.05, 0) is 43.1 Å². The first kappa shape index (κ1) is 17.6. The number of ether oxygens (including phenoxy) is 2. The smallest absolute Gasteiger partial charge is 0.172 e. The highest BCUT2D eigenvalue weighted by molar-refractivity contribution is 9.10. The summed E-state index contributed by atoms with van der Waals surface area (Å²) in [5.74, 6) is 0. The maximum Gasteiger partial charge on any atom is 0.172 e. The molecule has 1 aromatic rings. The van der Waals surface area contributed by atoms with Crippen LogP contribution in [-0.4, -0.2) is 35.3 Å². The Bertz CT molecular complexity index is 403. The van der Waals surface area contributed by atoms with Gasteiger partial charge in [0.2, 0.25) is 0 Å². The molecule has 0 radical (unpaired) electrons. The van der Waals surface area contributed by atoms with Crippen molar-refractivity contribution < 1.29 is 9.47 Å².